The first-order chi connectivity index (χ1) is 6.72. The monoisotopic (exact) mass is 215 g/mol. The summed E-state index contributed by atoms with van der Waals surface area (Å²) in [6.45, 7) is 9.07. The van der Waals surface area contributed by atoms with Crippen molar-refractivity contribution in [2.45, 2.75) is 47.1 Å². The Morgan fingerprint density at radius 1 is 1.33 bits per heavy atom. The van der Waals surface area contributed by atoms with E-state index in [1.807, 2.05) is 20.8 Å². The van der Waals surface area contributed by atoms with Crippen molar-refractivity contribution in [3.05, 3.63) is 0 Å². The molecule has 0 aliphatic carbocycles. The Bertz CT molecular complexity index is 246. The lowest BCUT2D eigenvalue weighted by Gasteiger charge is -2.26. The number of hydrogen-bond donors (Lipinski definition) is 2. The third-order valence-corrected chi connectivity index (χ3v) is 2.72. The molecule has 15 heavy (non-hydrogen) atoms. The maximum Gasteiger partial charge on any atom is 0.326 e. The summed E-state index contributed by atoms with van der Waals surface area (Å²) in [6, 6.07) is -0.802. The van der Waals surface area contributed by atoms with Gasteiger partial charge in [0, 0.05) is 5.41 Å². The lowest BCUT2D eigenvalue weighted by Crippen LogP contribution is -2.48. The van der Waals surface area contributed by atoms with Gasteiger partial charge < -0.3 is 10.4 Å². The quantitative estimate of drug-likeness (QED) is 0.732. The number of carboxylic acids is 1. The number of carbonyl (C=O) groups is 2. The van der Waals surface area contributed by atoms with Gasteiger partial charge in [-0.15, -0.1) is 0 Å². The Balaban J connectivity index is 4.57. The number of rotatable bonds is 5. The third-order valence-electron chi connectivity index (χ3n) is 2.72. The summed E-state index contributed by atoms with van der Waals surface area (Å²) in [7, 11) is 0. The first-order valence-corrected chi connectivity index (χ1v) is 5.26. The molecule has 88 valence electrons. The molecule has 2 N–H and O–H groups in total. The molecule has 0 spiro atoms. The molecule has 0 rings (SSSR count). The Labute approximate surface area is 91.1 Å². The average Bonchev–Trinajstić information content (AvgIpc) is 2.12. The molecule has 4 heteroatoms. The van der Waals surface area contributed by atoms with Crippen LogP contribution in [-0.4, -0.2) is 23.0 Å². The van der Waals surface area contributed by atoms with Gasteiger partial charge >= 0.3 is 5.97 Å². The minimum atomic E-state index is -0.981. The Hall–Kier alpha value is -1.06. The molecule has 0 fully saturated rings. The van der Waals surface area contributed by atoms with Crippen LogP contribution < -0.4 is 5.32 Å². The molecule has 0 aromatic heterocycles. The molecule has 4 nitrogen and oxygen atoms in total. The lowest BCUT2D eigenvalue weighted by molar-refractivity contribution is -0.144. The van der Waals surface area contributed by atoms with E-state index < -0.39 is 17.4 Å². The predicted molar refractivity (Wildman–Crippen MR) is 58.5 cm³/mol. The van der Waals surface area contributed by atoms with Crippen molar-refractivity contribution >= 4 is 11.9 Å². The fourth-order valence-corrected chi connectivity index (χ4v) is 1.01. The molecule has 0 aromatic rings. The SMILES string of the molecule is CCC(C)(C)C(=O)NC(C(=O)O)C(C)C. The topological polar surface area (TPSA) is 66.4 Å². The number of nitrogens with one attached hydrogen (secondary N) is 1. The Kier molecular flexibility index (Phi) is 4.78. The van der Waals surface area contributed by atoms with Crippen molar-refractivity contribution in [3.63, 3.8) is 0 Å². The van der Waals surface area contributed by atoms with Crippen LogP contribution in [0.25, 0.3) is 0 Å². The summed E-state index contributed by atoms with van der Waals surface area (Å²) < 4.78 is 0. The summed E-state index contributed by atoms with van der Waals surface area (Å²) in [5, 5.41) is 11.5. The zero-order valence-corrected chi connectivity index (χ0v) is 10.1. The first kappa shape index (κ1) is 13.9. The van der Waals surface area contributed by atoms with Gasteiger partial charge in [-0.25, -0.2) is 4.79 Å². The normalized spacial score (nSPS) is 13.7. The lowest BCUT2D eigenvalue weighted by atomic mass is 9.88. The van der Waals surface area contributed by atoms with Crippen molar-refractivity contribution in [2.24, 2.45) is 11.3 Å². The molecule has 1 atom stereocenters. The second kappa shape index (κ2) is 5.14. The minimum absolute atomic E-state index is 0.112. The maximum absolute atomic E-state index is 11.7. The zero-order valence-electron chi connectivity index (χ0n) is 10.1. The van der Waals surface area contributed by atoms with Crippen LogP contribution in [0.2, 0.25) is 0 Å². The molecule has 0 aliphatic heterocycles. The van der Waals surface area contributed by atoms with E-state index in [1.165, 1.54) is 0 Å². The first-order valence-electron chi connectivity index (χ1n) is 5.26. The molecule has 0 bridgehead atoms. The van der Waals surface area contributed by atoms with Gasteiger partial charge in [-0.1, -0.05) is 34.6 Å². The van der Waals surface area contributed by atoms with Crippen molar-refractivity contribution < 1.29 is 14.7 Å². The fourth-order valence-electron chi connectivity index (χ4n) is 1.01. The largest absolute Gasteiger partial charge is 0.480 e. The van der Waals surface area contributed by atoms with Crippen LogP contribution in [0, 0.1) is 11.3 Å². The highest BCUT2D eigenvalue weighted by Gasteiger charge is 2.31. The summed E-state index contributed by atoms with van der Waals surface area (Å²) in [5.74, 6) is -1.30. The Morgan fingerprint density at radius 3 is 2.07 bits per heavy atom. The average molecular weight is 215 g/mol. The summed E-state index contributed by atoms with van der Waals surface area (Å²) in [5.41, 5.74) is -0.511. The van der Waals surface area contributed by atoms with E-state index in [9.17, 15) is 9.59 Å². The number of hydrogen-bond acceptors (Lipinski definition) is 2. The number of carbonyl (C=O) groups excluding carboxylic acids is 1. The highest BCUT2D eigenvalue weighted by Crippen LogP contribution is 2.20. The smallest absolute Gasteiger partial charge is 0.326 e. The second-order valence-electron chi connectivity index (χ2n) is 4.77. The molecular formula is C11H21NO3. The van der Waals surface area contributed by atoms with Crippen LogP contribution in [0.3, 0.4) is 0 Å². The van der Waals surface area contributed by atoms with Gasteiger partial charge in [0.15, 0.2) is 0 Å². The standard InChI is InChI=1S/C11H21NO3/c1-6-11(4,5)10(15)12-8(7(2)3)9(13)14/h7-8H,6H2,1-5H3,(H,12,15)(H,13,14). The van der Waals surface area contributed by atoms with E-state index in [0.717, 1.165) is 0 Å². The van der Waals surface area contributed by atoms with Crippen molar-refractivity contribution in [1.29, 1.82) is 0 Å². The van der Waals surface area contributed by atoms with Gasteiger partial charge in [-0.05, 0) is 12.3 Å². The molecule has 0 radical (unpaired) electrons. The highest BCUT2D eigenvalue weighted by molar-refractivity contribution is 5.87. The summed E-state index contributed by atoms with van der Waals surface area (Å²) in [6.07, 6.45) is 0.684. The van der Waals surface area contributed by atoms with E-state index in [4.69, 9.17) is 5.11 Å². The summed E-state index contributed by atoms with van der Waals surface area (Å²) >= 11 is 0. The second-order valence-corrected chi connectivity index (χ2v) is 4.77. The van der Waals surface area contributed by atoms with E-state index in [0.29, 0.717) is 6.42 Å². The van der Waals surface area contributed by atoms with Gasteiger partial charge in [0.1, 0.15) is 6.04 Å². The van der Waals surface area contributed by atoms with Gasteiger partial charge in [-0.2, -0.15) is 0 Å². The number of amides is 1. The predicted octanol–water partition coefficient (Wildman–Crippen LogP) is 1.65. The van der Waals surface area contributed by atoms with E-state index in [-0.39, 0.29) is 11.8 Å². The van der Waals surface area contributed by atoms with Crippen LogP contribution in [0.1, 0.15) is 41.0 Å². The molecule has 1 amide bonds. The van der Waals surface area contributed by atoms with Crippen LogP contribution >= 0.6 is 0 Å². The third kappa shape index (κ3) is 3.90. The number of carboxylic acid groups (broad SMARTS) is 1. The van der Waals surface area contributed by atoms with E-state index in [2.05, 4.69) is 5.32 Å². The van der Waals surface area contributed by atoms with Gasteiger partial charge in [-0.3, -0.25) is 4.79 Å². The van der Waals surface area contributed by atoms with Crippen molar-refractivity contribution in [2.75, 3.05) is 0 Å². The molecule has 0 aromatic carbocycles. The van der Waals surface area contributed by atoms with Crippen LogP contribution in [0.15, 0.2) is 0 Å². The van der Waals surface area contributed by atoms with Crippen LogP contribution in [-0.2, 0) is 9.59 Å². The fraction of sp³-hybridized carbons (Fsp3) is 0.818. The van der Waals surface area contributed by atoms with E-state index in [1.54, 1.807) is 13.8 Å². The van der Waals surface area contributed by atoms with Gasteiger partial charge in [0.25, 0.3) is 0 Å². The van der Waals surface area contributed by atoms with Gasteiger partial charge in [0.05, 0.1) is 0 Å². The van der Waals surface area contributed by atoms with Gasteiger partial charge in [0.2, 0.25) is 5.91 Å². The molecule has 0 saturated heterocycles. The van der Waals surface area contributed by atoms with Crippen molar-refractivity contribution in [3.8, 4) is 0 Å². The molecule has 1 unspecified atom stereocenters. The molecule has 0 aliphatic rings. The van der Waals surface area contributed by atoms with Crippen molar-refractivity contribution in [1.82, 2.24) is 5.32 Å². The highest BCUT2D eigenvalue weighted by atomic mass is 16.4. The number of aliphatic carboxylic acids is 1. The molecular weight excluding hydrogens is 194 g/mol. The van der Waals surface area contributed by atoms with Crippen LogP contribution in [0.5, 0.6) is 0 Å². The Morgan fingerprint density at radius 2 is 1.80 bits per heavy atom. The zero-order chi connectivity index (χ0) is 12.2. The molecule has 0 saturated carbocycles. The summed E-state index contributed by atoms with van der Waals surface area (Å²) in [4.78, 5) is 22.6. The maximum atomic E-state index is 11.7. The van der Waals surface area contributed by atoms with Crippen LogP contribution in [0.4, 0.5) is 0 Å². The van der Waals surface area contributed by atoms with E-state index >= 15 is 0 Å². The minimum Gasteiger partial charge on any atom is -0.480 e. The molecule has 0 heterocycles.